The lowest BCUT2D eigenvalue weighted by atomic mass is 9.70. The number of hydrogen-bond acceptors (Lipinski definition) is 2. The van der Waals surface area contributed by atoms with Gasteiger partial charge < -0.3 is 9.32 Å². The van der Waals surface area contributed by atoms with Crippen molar-refractivity contribution in [3.8, 4) is 66.8 Å². The average molecular weight is 1010 g/mol. The molecule has 0 fully saturated rings. The molecule has 0 saturated heterocycles. The highest BCUT2D eigenvalue weighted by Crippen LogP contribution is 2.66. The number of benzene rings is 13. The molecule has 0 unspecified atom stereocenters. The second kappa shape index (κ2) is 16.1. The summed E-state index contributed by atoms with van der Waals surface area (Å²) in [5.74, 6) is 0. The first-order valence-electron chi connectivity index (χ1n) is 27.9. The first-order valence-corrected chi connectivity index (χ1v) is 27.9. The summed E-state index contributed by atoms with van der Waals surface area (Å²) in [7, 11) is 0. The van der Waals surface area contributed by atoms with Crippen LogP contribution in [0.4, 0.5) is 17.1 Å². The number of nitrogens with zero attached hydrogens (tertiary/aromatic N) is 1. The topological polar surface area (TPSA) is 16.4 Å². The fourth-order valence-corrected chi connectivity index (χ4v) is 15.4. The monoisotopic (exact) mass is 1010 g/mol. The van der Waals surface area contributed by atoms with Crippen molar-refractivity contribution >= 4 is 49.8 Å². The maximum atomic E-state index is 7.10. The molecule has 80 heavy (non-hydrogen) atoms. The highest BCUT2D eigenvalue weighted by atomic mass is 16.3. The van der Waals surface area contributed by atoms with Crippen LogP contribution in [0.5, 0.6) is 0 Å². The minimum absolute atomic E-state index is 0.528. The zero-order valence-electron chi connectivity index (χ0n) is 43.5. The SMILES string of the molecule is c1ccc(-c2ccc(-c3cccc4oc5c6ccccc6c(N(c6ccc7c(c6)C6(c8ccccc8-c8ccccc86)c6ccccc6-7)c6ccc7c(c6)C6(c8ccccc8-c8ccccc86)c6ccccc6-7)cc5c34)cc2)cc1. The summed E-state index contributed by atoms with van der Waals surface area (Å²) in [6.45, 7) is 0. The Morgan fingerprint density at radius 1 is 0.250 bits per heavy atom. The van der Waals surface area contributed by atoms with Gasteiger partial charge in [-0.2, -0.15) is 0 Å². The highest BCUT2D eigenvalue weighted by Gasteiger charge is 2.53. The van der Waals surface area contributed by atoms with Crippen molar-refractivity contribution in [2.75, 3.05) is 4.90 Å². The number of fused-ring (bicyclic) bond motifs is 25. The van der Waals surface area contributed by atoms with Gasteiger partial charge in [0.25, 0.3) is 0 Å². The Kier molecular flexibility index (Phi) is 8.83. The van der Waals surface area contributed by atoms with Crippen LogP contribution in [0.25, 0.3) is 99.5 Å². The van der Waals surface area contributed by atoms with E-state index in [9.17, 15) is 0 Å². The molecular weight excluding hydrogens is 967 g/mol. The molecule has 0 aliphatic heterocycles. The molecule has 0 saturated carbocycles. The Hall–Kier alpha value is -10.3. The van der Waals surface area contributed by atoms with Crippen molar-refractivity contribution in [1.29, 1.82) is 0 Å². The number of rotatable bonds is 5. The van der Waals surface area contributed by atoms with E-state index in [4.69, 9.17) is 4.42 Å². The molecular formula is C78H47NO. The van der Waals surface area contributed by atoms with Gasteiger partial charge in [-0.05, 0) is 148 Å². The molecule has 13 aromatic carbocycles. The molecule has 0 amide bonds. The van der Waals surface area contributed by atoms with E-state index < -0.39 is 10.8 Å². The van der Waals surface area contributed by atoms with Crippen LogP contribution in [0.2, 0.25) is 0 Å². The quantitative estimate of drug-likeness (QED) is 0.171. The smallest absolute Gasteiger partial charge is 0.143 e. The fraction of sp³-hybridized carbons (Fsp3) is 0.0256. The normalized spacial score (nSPS) is 13.9. The molecule has 4 aliphatic carbocycles. The van der Waals surface area contributed by atoms with Crippen LogP contribution in [0.1, 0.15) is 44.5 Å². The molecule has 0 radical (unpaired) electrons. The highest BCUT2D eigenvalue weighted by molar-refractivity contribution is 6.23. The van der Waals surface area contributed by atoms with Gasteiger partial charge in [-0.15, -0.1) is 0 Å². The lowest BCUT2D eigenvalue weighted by molar-refractivity contribution is 0.673. The van der Waals surface area contributed by atoms with Gasteiger partial charge in [-0.1, -0.05) is 249 Å². The van der Waals surface area contributed by atoms with Gasteiger partial charge in [-0.3, -0.25) is 0 Å². The van der Waals surface area contributed by atoms with E-state index in [1.165, 1.54) is 100 Å². The molecule has 0 atom stereocenters. The Morgan fingerprint density at radius 3 is 1.10 bits per heavy atom. The van der Waals surface area contributed by atoms with E-state index in [0.717, 1.165) is 60.9 Å². The summed E-state index contributed by atoms with van der Waals surface area (Å²) in [4.78, 5) is 2.57. The molecule has 2 nitrogen and oxygen atoms in total. The van der Waals surface area contributed by atoms with Crippen LogP contribution >= 0.6 is 0 Å². The second-order valence-electron chi connectivity index (χ2n) is 22.1. The van der Waals surface area contributed by atoms with E-state index in [0.29, 0.717) is 0 Å². The van der Waals surface area contributed by atoms with Gasteiger partial charge in [-0.25, -0.2) is 0 Å². The molecule has 0 bridgehead atoms. The number of furan rings is 1. The van der Waals surface area contributed by atoms with Crippen molar-refractivity contribution in [1.82, 2.24) is 0 Å². The van der Waals surface area contributed by atoms with Crippen LogP contribution in [0.3, 0.4) is 0 Å². The predicted molar refractivity (Wildman–Crippen MR) is 329 cm³/mol. The molecule has 14 aromatic rings. The average Bonchev–Trinajstić information content (AvgIpc) is 4.49. The van der Waals surface area contributed by atoms with Crippen LogP contribution < -0.4 is 4.90 Å². The lowest BCUT2D eigenvalue weighted by Crippen LogP contribution is -2.26. The van der Waals surface area contributed by atoms with Gasteiger partial charge in [0.1, 0.15) is 11.2 Å². The third kappa shape index (κ3) is 5.57. The van der Waals surface area contributed by atoms with Gasteiger partial charge >= 0.3 is 0 Å². The summed E-state index contributed by atoms with van der Waals surface area (Å²) in [5, 5.41) is 4.36. The summed E-state index contributed by atoms with van der Waals surface area (Å²) in [6, 6.07) is 107. The number of hydrogen-bond donors (Lipinski definition) is 0. The molecule has 1 aromatic heterocycles. The van der Waals surface area contributed by atoms with Gasteiger partial charge in [0.15, 0.2) is 0 Å². The molecule has 4 aliphatic rings. The van der Waals surface area contributed by atoms with Gasteiger partial charge in [0.2, 0.25) is 0 Å². The van der Waals surface area contributed by atoms with Crippen LogP contribution in [0, 0.1) is 0 Å². The van der Waals surface area contributed by atoms with Gasteiger partial charge in [0, 0.05) is 32.9 Å². The third-order valence-electron chi connectivity index (χ3n) is 18.5. The zero-order chi connectivity index (χ0) is 52.3. The van der Waals surface area contributed by atoms with Crippen LogP contribution in [-0.4, -0.2) is 0 Å². The maximum absolute atomic E-state index is 7.10. The summed E-state index contributed by atoms with van der Waals surface area (Å²) in [6.07, 6.45) is 0. The van der Waals surface area contributed by atoms with Crippen LogP contribution in [-0.2, 0) is 10.8 Å². The predicted octanol–water partition coefficient (Wildman–Crippen LogP) is 20.2. The molecule has 2 heteroatoms. The summed E-state index contributed by atoms with van der Waals surface area (Å²) in [5.41, 5.74) is 29.4. The standard InChI is InChI=1S/C78H47NO/c1-2-19-48(20-3-1)49-37-39-50(40-38-49)53-29-18-36-74-75(53)64-47-73(62-27-4-5-28-63(62)76(64)80-74)79(51-41-43-60-58-25-10-16-34-69(58)77(71(60)45-51)65-30-12-6-21-54(65)55-22-7-13-31-66(55)77)52-42-44-61-59-26-11-17-35-70(59)78(72(61)46-52)67-32-14-8-23-56(67)57-24-9-15-33-68(57)78/h1-47H. The van der Waals surface area contributed by atoms with Crippen molar-refractivity contribution < 1.29 is 4.42 Å². The van der Waals surface area contributed by atoms with Crippen LogP contribution in [0.15, 0.2) is 290 Å². The first kappa shape index (κ1) is 43.8. The Bertz CT molecular complexity index is 4640. The van der Waals surface area contributed by atoms with Crippen molar-refractivity contribution in [3.63, 3.8) is 0 Å². The minimum atomic E-state index is -0.528. The van der Waals surface area contributed by atoms with Gasteiger partial charge in [0.05, 0.1) is 16.5 Å². The van der Waals surface area contributed by atoms with Crippen molar-refractivity contribution in [2.24, 2.45) is 0 Å². The Labute approximate surface area is 463 Å². The van der Waals surface area contributed by atoms with Crippen molar-refractivity contribution in [2.45, 2.75) is 10.8 Å². The number of anilines is 3. The van der Waals surface area contributed by atoms with E-state index in [1.54, 1.807) is 0 Å². The summed E-state index contributed by atoms with van der Waals surface area (Å²) < 4.78 is 7.10. The van der Waals surface area contributed by atoms with Crippen molar-refractivity contribution in [3.05, 3.63) is 330 Å². The van der Waals surface area contributed by atoms with E-state index >= 15 is 0 Å². The fourth-order valence-electron chi connectivity index (χ4n) is 15.4. The Morgan fingerprint density at radius 2 is 0.625 bits per heavy atom. The zero-order valence-corrected chi connectivity index (χ0v) is 43.5. The molecule has 18 rings (SSSR count). The first-order chi connectivity index (χ1) is 39.7. The minimum Gasteiger partial charge on any atom is -0.455 e. The Balaban J connectivity index is 0.937. The molecule has 1 heterocycles. The largest absolute Gasteiger partial charge is 0.455 e. The second-order valence-corrected chi connectivity index (χ2v) is 22.1. The maximum Gasteiger partial charge on any atom is 0.143 e. The molecule has 0 N–H and O–H groups in total. The molecule has 370 valence electrons. The third-order valence-corrected chi connectivity index (χ3v) is 18.5. The van der Waals surface area contributed by atoms with E-state index in [-0.39, 0.29) is 0 Å². The van der Waals surface area contributed by atoms with E-state index in [2.05, 4.69) is 290 Å². The lowest BCUT2D eigenvalue weighted by Gasteiger charge is -2.34. The molecule has 2 spiro atoms. The summed E-state index contributed by atoms with van der Waals surface area (Å²) >= 11 is 0. The van der Waals surface area contributed by atoms with E-state index in [1.807, 2.05) is 0 Å².